The van der Waals surface area contributed by atoms with Crippen LogP contribution in [0.1, 0.15) is 51.9 Å². The summed E-state index contributed by atoms with van der Waals surface area (Å²) in [4.78, 5) is 21.3. The zero-order chi connectivity index (χ0) is 10.7. The van der Waals surface area contributed by atoms with Crippen molar-refractivity contribution >= 4 is 5.97 Å². The molecule has 0 radical (unpaired) electrons. The normalized spacial score (nSPS) is 30.1. The predicted molar refractivity (Wildman–Crippen MR) is 52.8 cm³/mol. The Morgan fingerprint density at radius 2 is 2.00 bits per heavy atom. The SMILES string of the molecule is CC(=O)OC1CCC2(CCCCC2)OO1. The Hall–Kier alpha value is -0.610. The summed E-state index contributed by atoms with van der Waals surface area (Å²) in [5, 5.41) is 0. The summed E-state index contributed by atoms with van der Waals surface area (Å²) >= 11 is 0. The van der Waals surface area contributed by atoms with Crippen LogP contribution in [0.5, 0.6) is 0 Å². The van der Waals surface area contributed by atoms with Gasteiger partial charge >= 0.3 is 5.97 Å². The molecule has 0 aromatic rings. The molecule has 1 spiro atoms. The van der Waals surface area contributed by atoms with Crippen LogP contribution in [0.3, 0.4) is 0 Å². The van der Waals surface area contributed by atoms with Gasteiger partial charge in [-0.05, 0) is 19.3 Å². The molecule has 0 amide bonds. The first-order valence-electron chi connectivity index (χ1n) is 5.72. The van der Waals surface area contributed by atoms with Crippen molar-refractivity contribution in [3.8, 4) is 0 Å². The summed E-state index contributed by atoms with van der Waals surface area (Å²) in [5.41, 5.74) is -0.0884. The highest BCUT2D eigenvalue weighted by molar-refractivity contribution is 5.66. The maximum Gasteiger partial charge on any atom is 0.305 e. The second kappa shape index (κ2) is 4.49. The van der Waals surface area contributed by atoms with Crippen LogP contribution in [0.25, 0.3) is 0 Å². The van der Waals surface area contributed by atoms with E-state index in [9.17, 15) is 4.79 Å². The molecule has 1 atom stereocenters. The first-order valence-corrected chi connectivity index (χ1v) is 5.72. The third kappa shape index (κ3) is 2.69. The van der Waals surface area contributed by atoms with Gasteiger partial charge in [0.15, 0.2) is 0 Å². The van der Waals surface area contributed by atoms with Crippen LogP contribution < -0.4 is 0 Å². The Morgan fingerprint density at radius 3 is 2.53 bits per heavy atom. The molecule has 4 heteroatoms. The second-order valence-electron chi connectivity index (χ2n) is 4.50. The molecule has 0 N–H and O–H groups in total. The van der Waals surface area contributed by atoms with Gasteiger partial charge in [0.2, 0.25) is 6.29 Å². The lowest BCUT2D eigenvalue weighted by Gasteiger charge is -2.40. The Bertz CT molecular complexity index is 223. The zero-order valence-electron chi connectivity index (χ0n) is 9.16. The van der Waals surface area contributed by atoms with Gasteiger partial charge in [0.05, 0.1) is 0 Å². The molecule has 1 heterocycles. The van der Waals surface area contributed by atoms with Crippen molar-refractivity contribution in [1.82, 2.24) is 0 Å². The van der Waals surface area contributed by atoms with E-state index in [2.05, 4.69) is 0 Å². The van der Waals surface area contributed by atoms with E-state index in [0.29, 0.717) is 0 Å². The minimum atomic E-state index is -0.505. The van der Waals surface area contributed by atoms with Gasteiger partial charge in [0.25, 0.3) is 0 Å². The van der Waals surface area contributed by atoms with Gasteiger partial charge in [0, 0.05) is 13.3 Å². The van der Waals surface area contributed by atoms with Crippen LogP contribution in [0.2, 0.25) is 0 Å². The lowest BCUT2D eigenvalue weighted by atomic mass is 9.81. The molecule has 0 aromatic heterocycles. The number of carbonyl (C=O) groups is 1. The number of esters is 1. The van der Waals surface area contributed by atoms with Gasteiger partial charge in [-0.15, -0.1) is 0 Å². The average molecular weight is 214 g/mol. The molecule has 0 aromatic carbocycles. The van der Waals surface area contributed by atoms with Crippen molar-refractivity contribution in [2.45, 2.75) is 63.8 Å². The number of hydrogen-bond donors (Lipinski definition) is 0. The van der Waals surface area contributed by atoms with Crippen molar-refractivity contribution in [2.75, 3.05) is 0 Å². The molecular formula is C11H18O4. The van der Waals surface area contributed by atoms with Crippen LogP contribution >= 0.6 is 0 Å². The molecule has 1 aliphatic carbocycles. The summed E-state index contributed by atoms with van der Waals surface area (Å²) in [6, 6.07) is 0. The molecule has 0 bridgehead atoms. The van der Waals surface area contributed by atoms with E-state index in [1.807, 2.05) is 0 Å². The van der Waals surface area contributed by atoms with Gasteiger partial charge in [-0.1, -0.05) is 19.3 Å². The Balaban J connectivity index is 1.82. The first-order chi connectivity index (χ1) is 7.20. The lowest BCUT2D eigenvalue weighted by molar-refractivity contribution is -0.447. The van der Waals surface area contributed by atoms with E-state index >= 15 is 0 Å². The number of rotatable bonds is 1. The maximum absolute atomic E-state index is 10.7. The molecule has 1 unspecified atom stereocenters. The molecule has 86 valence electrons. The average Bonchev–Trinajstić information content (AvgIpc) is 2.23. The predicted octanol–water partition coefficient (Wildman–Crippen LogP) is 2.32. The van der Waals surface area contributed by atoms with E-state index in [4.69, 9.17) is 14.5 Å². The third-order valence-corrected chi connectivity index (χ3v) is 3.23. The van der Waals surface area contributed by atoms with Crippen LogP contribution in [0.4, 0.5) is 0 Å². The molecule has 4 nitrogen and oxygen atoms in total. The van der Waals surface area contributed by atoms with Gasteiger partial charge in [-0.3, -0.25) is 4.79 Å². The van der Waals surface area contributed by atoms with Crippen molar-refractivity contribution < 1.29 is 19.3 Å². The molecule has 1 saturated carbocycles. The highest BCUT2D eigenvalue weighted by Crippen LogP contribution is 2.39. The second-order valence-corrected chi connectivity index (χ2v) is 4.50. The van der Waals surface area contributed by atoms with E-state index in [0.717, 1.165) is 25.7 Å². The fraction of sp³-hybridized carbons (Fsp3) is 0.909. The van der Waals surface area contributed by atoms with E-state index in [-0.39, 0.29) is 11.6 Å². The zero-order valence-corrected chi connectivity index (χ0v) is 9.16. The number of ether oxygens (including phenoxy) is 1. The molecule has 2 fully saturated rings. The van der Waals surface area contributed by atoms with Crippen molar-refractivity contribution in [2.24, 2.45) is 0 Å². The van der Waals surface area contributed by atoms with Crippen molar-refractivity contribution in [3.05, 3.63) is 0 Å². The Morgan fingerprint density at radius 1 is 1.27 bits per heavy atom. The fourth-order valence-corrected chi connectivity index (χ4v) is 2.42. The highest BCUT2D eigenvalue weighted by Gasteiger charge is 2.39. The van der Waals surface area contributed by atoms with Crippen LogP contribution in [-0.4, -0.2) is 17.9 Å². The summed E-state index contributed by atoms with van der Waals surface area (Å²) < 4.78 is 4.94. The molecule has 15 heavy (non-hydrogen) atoms. The van der Waals surface area contributed by atoms with E-state index in [1.165, 1.54) is 26.2 Å². The quantitative estimate of drug-likeness (QED) is 0.496. The molecule has 2 aliphatic rings. The monoisotopic (exact) mass is 214 g/mol. The van der Waals surface area contributed by atoms with Gasteiger partial charge in [-0.2, -0.15) is 4.89 Å². The van der Waals surface area contributed by atoms with Gasteiger partial charge < -0.3 is 4.74 Å². The van der Waals surface area contributed by atoms with Crippen molar-refractivity contribution in [1.29, 1.82) is 0 Å². The first kappa shape index (κ1) is 10.9. The van der Waals surface area contributed by atoms with Gasteiger partial charge in [0.1, 0.15) is 5.60 Å². The third-order valence-electron chi connectivity index (χ3n) is 3.23. The Labute approximate surface area is 89.8 Å². The fourth-order valence-electron chi connectivity index (χ4n) is 2.42. The molecule has 2 rings (SSSR count). The van der Waals surface area contributed by atoms with Crippen LogP contribution in [-0.2, 0) is 19.3 Å². The summed E-state index contributed by atoms with van der Waals surface area (Å²) in [5.74, 6) is -0.316. The largest absolute Gasteiger partial charge is 0.433 e. The van der Waals surface area contributed by atoms with Crippen molar-refractivity contribution in [3.63, 3.8) is 0 Å². The lowest BCUT2D eigenvalue weighted by Crippen LogP contribution is -2.42. The summed E-state index contributed by atoms with van der Waals surface area (Å²) in [6.07, 6.45) is 7.03. The van der Waals surface area contributed by atoms with Crippen LogP contribution in [0, 0.1) is 0 Å². The minimum Gasteiger partial charge on any atom is -0.433 e. The highest BCUT2D eigenvalue weighted by atomic mass is 17.2. The molecular weight excluding hydrogens is 196 g/mol. The van der Waals surface area contributed by atoms with Gasteiger partial charge in [-0.25, -0.2) is 4.89 Å². The summed E-state index contributed by atoms with van der Waals surface area (Å²) in [7, 11) is 0. The van der Waals surface area contributed by atoms with E-state index < -0.39 is 6.29 Å². The topological polar surface area (TPSA) is 44.8 Å². The molecule has 1 aliphatic heterocycles. The summed E-state index contributed by atoms with van der Waals surface area (Å²) in [6.45, 7) is 1.38. The molecule has 1 saturated heterocycles. The van der Waals surface area contributed by atoms with Crippen LogP contribution in [0.15, 0.2) is 0 Å². The number of carbonyl (C=O) groups excluding carboxylic acids is 1. The number of hydrogen-bond acceptors (Lipinski definition) is 4. The van der Waals surface area contributed by atoms with E-state index in [1.54, 1.807) is 0 Å². The maximum atomic E-state index is 10.7. The standard InChI is InChI=1S/C11H18O4/c1-9(12)13-10-5-8-11(15-14-10)6-3-2-4-7-11/h10H,2-8H2,1H3. The smallest absolute Gasteiger partial charge is 0.305 e. The Kier molecular flexibility index (Phi) is 3.26. The minimum absolute atomic E-state index is 0.0884.